The van der Waals surface area contributed by atoms with E-state index in [2.05, 4.69) is 25.0 Å². The van der Waals surface area contributed by atoms with Crippen molar-refractivity contribution in [2.24, 2.45) is 4.99 Å². The van der Waals surface area contributed by atoms with Crippen LogP contribution in [0.25, 0.3) is 0 Å². The number of fused-ring (bicyclic) bond motifs is 1. The molecule has 2 aliphatic rings. The van der Waals surface area contributed by atoms with Gasteiger partial charge in [0, 0.05) is 26.5 Å². The second-order valence-electron chi connectivity index (χ2n) is 8.45. The molecule has 0 unspecified atom stereocenters. The van der Waals surface area contributed by atoms with Crippen LogP contribution in [0.15, 0.2) is 11.1 Å². The predicted octanol–water partition coefficient (Wildman–Crippen LogP) is 5.37. The molecule has 1 aliphatic heterocycles. The molecule has 0 bridgehead atoms. The first kappa shape index (κ1) is 20.1. The summed E-state index contributed by atoms with van der Waals surface area (Å²) in [4.78, 5) is 4.96. The highest BCUT2D eigenvalue weighted by atomic mass is 35.5. The highest BCUT2D eigenvalue weighted by Gasteiger charge is 2.28. The summed E-state index contributed by atoms with van der Waals surface area (Å²) in [6.45, 7) is 8.78. The van der Waals surface area contributed by atoms with E-state index in [1.807, 2.05) is 10.6 Å². The fourth-order valence-electron chi connectivity index (χ4n) is 3.40. The molecule has 0 spiro atoms. The Kier molecular flexibility index (Phi) is 6.59. The molecular weight excluding hydrogens is 387 g/mol. The first-order valence-corrected chi connectivity index (χ1v) is 14.0. The molecule has 1 fully saturated rings. The monoisotopic (exact) mass is 416 g/mol. The molecule has 8 heteroatoms. The van der Waals surface area contributed by atoms with Crippen LogP contribution in [-0.4, -0.2) is 42.2 Å². The van der Waals surface area contributed by atoms with E-state index in [0.29, 0.717) is 24.6 Å². The zero-order chi connectivity index (χ0) is 18.7. The normalized spacial score (nSPS) is 20.3. The van der Waals surface area contributed by atoms with Gasteiger partial charge in [0.05, 0.1) is 11.6 Å². The molecule has 1 aliphatic carbocycles. The van der Waals surface area contributed by atoms with E-state index in [-0.39, 0.29) is 0 Å². The minimum absolute atomic E-state index is 0.362. The van der Waals surface area contributed by atoms with E-state index in [1.54, 1.807) is 4.42 Å². The lowest BCUT2D eigenvalue weighted by atomic mass is 9.96. The summed E-state index contributed by atoms with van der Waals surface area (Å²) in [5.74, 6) is 1.78. The van der Waals surface area contributed by atoms with Gasteiger partial charge < -0.3 is 10.1 Å². The van der Waals surface area contributed by atoms with Gasteiger partial charge in [0.2, 0.25) is 0 Å². The first-order chi connectivity index (χ1) is 12.3. The zero-order valence-corrected chi connectivity index (χ0v) is 18.5. The Labute approximate surface area is 167 Å². The van der Waals surface area contributed by atoms with Crippen molar-refractivity contribution < 1.29 is 4.74 Å². The zero-order valence-electron chi connectivity index (χ0n) is 16.0. The molecule has 26 heavy (non-hydrogen) atoms. The molecule has 3 rings (SSSR count). The molecule has 146 valence electrons. The van der Waals surface area contributed by atoms with Crippen molar-refractivity contribution in [3.63, 3.8) is 0 Å². The number of anilines is 1. The first-order valence-electron chi connectivity index (χ1n) is 9.57. The summed E-state index contributed by atoms with van der Waals surface area (Å²) in [5, 5.41) is 4.00. The van der Waals surface area contributed by atoms with Crippen LogP contribution in [0, 0.1) is 0 Å². The third kappa shape index (κ3) is 4.97. The number of amidine groups is 1. The van der Waals surface area contributed by atoms with E-state index in [1.165, 1.54) is 19.3 Å². The minimum Gasteiger partial charge on any atom is -0.361 e. The second-order valence-corrected chi connectivity index (χ2v) is 14.9. The van der Waals surface area contributed by atoms with Gasteiger partial charge in [0.15, 0.2) is 5.84 Å². The number of aromatic nitrogens is 1. The molecule has 5 nitrogen and oxygen atoms in total. The predicted molar refractivity (Wildman–Crippen MR) is 113 cm³/mol. The van der Waals surface area contributed by atoms with Gasteiger partial charge in [-0.1, -0.05) is 50.5 Å². The van der Waals surface area contributed by atoms with Gasteiger partial charge >= 0.3 is 0 Å². The Bertz CT molecular complexity index is 650. The average molecular weight is 417 g/mol. The molecular formula is C18H30Cl2N4OSi. The quantitative estimate of drug-likeness (QED) is 0.384. The lowest BCUT2D eigenvalue weighted by Gasteiger charge is -2.28. The van der Waals surface area contributed by atoms with Crippen molar-refractivity contribution in [1.82, 2.24) is 8.99 Å². The molecule has 1 N–H and O–H groups in total. The molecule has 1 aromatic rings. The van der Waals surface area contributed by atoms with Crippen molar-refractivity contribution in [2.45, 2.75) is 70.6 Å². The van der Waals surface area contributed by atoms with Crippen molar-refractivity contribution >= 4 is 43.1 Å². The molecule has 0 radical (unpaired) electrons. The van der Waals surface area contributed by atoms with Crippen LogP contribution < -0.4 is 5.32 Å². The number of nitrogens with one attached hydrogen (secondary N) is 1. The summed E-state index contributed by atoms with van der Waals surface area (Å²) >= 11 is 12.9. The number of hydrogen-bond acceptors (Lipinski definition) is 3. The van der Waals surface area contributed by atoms with Crippen LogP contribution in [0.4, 0.5) is 5.82 Å². The maximum atomic E-state index is 6.50. The van der Waals surface area contributed by atoms with Gasteiger partial charge in [-0.25, -0.2) is 4.42 Å². The van der Waals surface area contributed by atoms with Crippen LogP contribution in [0.2, 0.25) is 30.8 Å². The van der Waals surface area contributed by atoms with Crippen molar-refractivity contribution in [1.29, 1.82) is 0 Å². The van der Waals surface area contributed by atoms with Crippen molar-refractivity contribution in [3.05, 3.63) is 16.8 Å². The molecule has 1 saturated carbocycles. The number of ether oxygens (including phenoxy) is 1. The summed E-state index contributed by atoms with van der Waals surface area (Å²) < 4.78 is 9.53. The molecule has 0 saturated heterocycles. The van der Waals surface area contributed by atoms with E-state index in [4.69, 9.17) is 33.1 Å². The number of aliphatic imine (C=N–C) groups is 1. The summed E-state index contributed by atoms with van der Waals surface area (Å²) in [6, 6.07) is 3.45. The second kappa shape index (κ2) is 8.55. The lowest BCUT2D eigenvalue weighted by Crippen LogP contribution is -2.35. The molecule has 2 heterocycles. The maximum absolute atomic E-state index is 6.50. The largest absolute Gasteiger partial charge is 0.361 e. The Balaban J connectivity index is 1.75. The maximum Gasteiger partial charge on any atom is 0.151 e. The van der Waals surface area contributed by atoms with E-state index < -0.39 is 8.07 Å². The summed E-state index contributed by atoms with van der Waals surface area (Å²) in [5.41, 5.74) is 0.968. The Morgan fingerprint density at radius 1 is 1.27 bits per heavy atom. The van der Waals surface area contributed by atoms with Crippen LogP contribution >= 0.6 is 23.4 Å². The Morgan fingerprint density at radius 3 is 2.69 bits per heavy atom. The Hall–Kier alpha value is -0.693. The molecule has 1 aromatic heterocycles. The highest BCUT2D eigenvalue weighted by molar-refractivity contribution is 6.76. The van der Waals surface area contributed by atoms with Crippen molar-refractivity contribution in [2.75, 3.05) is 18.6 Å². The highest BCUT2D eigenvalue weighted by Crippen LogP contribution is 2.32. The number of rotatable bonds is 6. The lowest BCUT2D eigenvalue weighted by molar-refractivity contribution is 0.0888. The average Bonchev–Trinajstić information content (AvgIpc) is 2.90. The fraction of sp³-hybridized carbons (Fsp3) is 0.722. The molecule has 0 atom stereocenters. The van der Waals surface area contributed by atoms with Crippen LogP contribution in [-0.2, 0) is 11.5 Å². The number of nitrogens with zero attached hydrogens (tertiary/aromatic N) is 3. The van der Waals surface area contributed by atoms with Gasteiger partial charge in [-0.3, -0.25) is 9.56 Å². The standard InChI is InChI=1S/C18H30Cl2N4OSi/c1-26(2,3)10-9-25-13-23-16(19)11-15-17(23)21-12-24(20)18(15)22-14-7-5-4-6-8-14/h11,14,21H,4-10,12-13H2,1-3H3. The minimum atomic E-state index is -1.09. The molecule has 0 amide bonds. The van der Waals surface area contributed by atoms with Crippen LogP contribution in [0.3, 0.4) is 0 Å². The number of halogens is 2. The summed E-state index contributed by atoms with van der Waals surface area (Å²) in [7, 11) is -1.09. The topological polar surface area (TPSA) is 41.8 Å². The molecule has 0 aromatic carbocycles. The van der Waals surface area contributed by atoms with Gasteiger partial charge in [-0.15, -0.1) is 0 Å². The SMILES string of the molecule is C[Si](C)(C)CCOCn1c(Cl)cc2c1NCN(Cl)C2=NC1CCCCC1. The van der Waals surface area contributed by atoms with Gasteiger partial charge in [-0.05, 0) is 25.0 Å². The Morgan fingerprint density at radius 2 is 2.00 bits per heavy atom. The van der Waals surface area contributed by atoms with E-state index >= 15 is 0 Å². The van der Waals surface area contributed by atoms with Crippen molar-refractivity contribution in [3.8, 4) is 0 Å². The van der Waals surface area contributed by atoms with Crippen LogP contribution in [0.1, 0.15) is 37.7 Å². The van der Waals surface area contributed by atoms with E-state index in [0.717, 1.165) is 42.7 Å². The van der Waals surface area contributed by atoms with Gasteiger partial charge in [-0.2, -0.15) is 0 Å². The fourth-order valence-corrected chi connectivity index (χ4v) is 4.60. The van der Waals surface area contributed by atoms with Gasteiger partial charge in [0.25, 0.3) is 0 Å². The smallest absolute Gasteiger partial charge is 0.151 e. The van der Waals surface area contributed by atoms with Gasteiger partial charge in [0.1, 0.15) is 24.4 Å². The third-order valence-corrected chi connectivity index (χ3v) is 7.30. The van der Waals surface area contributed by atoms with E-state index in [9.17, 15) is 0 Å². The number of hydrogen-bond donors (Lipinski definition) is 1. The van der Waals surface area contributed by atoms with Crippen LogP contribution in [0.5, 0.6) is 0 Å². The summed E-state index contributed by atoms with van der Waals surface area (Å²) in [6.07, 6.45) is 6.11. The third-order valence-electron chi connectivity index (χ3n) is 5.00.